The highest BCUT2D eigenvalue weighted by Gasteiger charge is 2.30. The van der Waals surface area contributed by atoms with Crippen molar-refractivity contribution in [1.29, 1.82) is 0 Å². The minimum absolute atomic E-state index is 0.158. The van der Waals surface area contributed by atoms with Crippen LogP contribution in [-0.4, -0.2) is 18.8 Å². The van der Waals surface area contributed by atoms with Crippen LogP contribution >= 0.6 is 0 Å². The molecule has 2 unspecified atom stereocenters. The van der Waals surface area contributed by atoms with Gasteiger partial charge in [-0.15, -0.1) is 0 Å². The summed E-state index contributed by atoms with van der Waals surface area (Å²) in [6, 6.07) is 4.98. The number of benzene rings is 1. The lowest BCUT2D eigenvalue weighted by atomic mass is 9.94. The fraction of sp³-hybridized carbons (Fsp3) is 0.600. The second-order valence-electron chi connectivity index (χ2n) is 5.23. The summed E-state index contributed by atoms with van der Waals surface area (Å²) in [5.41, 5.74) is 6.03. The molecule has 0 spiro atoms. The van der Waals surface area contributed by atoms with Crippen LogP contribution in [0.25, 0.3) is 0 Å². The Hall–Kier alpha value is -1.07. The molecule has 1 rings (SSSR count). The molecule has 0 fully saturated rings. The fourth-order valence-electron chi connectivity index (χ4n) is 2.27. The molecule has 0 aliphatic heterocycles. The summed E-state index contributed by atoms with van der Waals surface area (Å²) < 4.78 is 43.6. The van der Waals surface area contributed by atoms with Gasteiger partial charge in [-0.2, -0.15) is 13.2 Å². The van der Waals surface area contributed by atoms with E-state index in [1.165, 1.54) is 6.07 Å². The zero-order chi connectivity index (χ0) is 15.3. The summed E-state index contributed by atoms with van der Waals surface area (Å²) in [6.07, 6.45) is -4.11. The van der Waals surface area contributed by atoms with E-state index in [0.717, 1.165) is 12.1 Å². The monoisotopic (exact) mass is 289 g/mol. The van der Waals surface area contributed by atoms with E-state index in [1.807, 2.05) is 20.8 Å². The maximum Gasteiger partial charge on any atom is 0.416 e. The molecule has 0 heterocycles. The lowest BCUT2D eigenvalue weighted by Gasteiger charge is -2.27. The highest BCUT2D eigenvalue weighted by Crippen LogP contribution is 2.29. The van der Waals surface area contributed by atoms with E-state index in [9.17, 15) is 13.2 Å². The third-order valence-electron chi connectivity index (χ3n) is 3.16. The van der Waals surface area contributed by atoms with Gasteiger partial charge in [-0.3, -0.25) is 0 Å². The van der Waals surface area contributed by atoms with E-state index in [0.29, 0.717) is 18.6 Å². The second-order valence-corrected chi connectivity index (χ2v) is 5.23. The Kier molecular flexibility index (Phi) is 6.02. The Morgan fingerprint density at radius 1 is 1.25 bits per heavy atom. The Morgan fingerprint density at radius 3 is 2.40 bits per heavy atom. The van der Waals surface area contributed by atoms with Crippen LogP contribution in [0.1, 0.15) is 31.9 Å². The van der Waals surface area contributed by atoms with Crippen LogP contribution in [0.3, 0.4) is 0 Å². The SMILES string of the molecule is CCOC(C(C)C)C(N)Cc1cccc(C(F)(F)F)c1. The number of nitrogens with two attached hydrogens (primary N) is 1. The average molecular weight is 289 g/mol. The molecule has 0 aromatic heterocycles. The smallest absolute Gasteiger partial charge is 0.377 e. The highest BCUT2D eigenvalue weighted by molar-refractivity contribution is 5.26. The first-order chi connectivity index (χ1) is 9.25. The van der Waals surface area contributed by atoms with Crippen molar-refractivity contribution in [3.63, 3.8) is 0 Å². The Morgan fingerprint density at radius 2 is 1.90 bits per heavy atom. The van der Waals surface area contributed by atoms with Crippen molar-refractivity contribution in [2.45, 2.75) is 45.5 Å². The number of ether oxygens (including phenoxy) is 1. The number of halogens is 3. The third-order valence-corrected chi connectivity index (χ3v) is 3.16. The third kappa shape index (κ3) is 4.80. The summed E-state index contributed by atoms with van der Waals surface area (Å²) in [4.78, 5) is 0. The molecule has 5 heteroatoms. The van der Waals surface area contributed by atoms with Gasteiger partial charge in [-0.1, -0.05) is 32.0 Å². The first-order valence-corrected chi connectivity index (χ1v) is 6.79. The predicted octanol–water partition coefficient (Wildman–Crippen LogP) is 3.64. The van der Waals surface area contributed by atoms with E-state index in [4.69, 9.17) is 10.5 Å². The van der Waals surface area contributed by atoms with Crippen molar-refractivity contribution < 1.29 is 17.9 Å². The predicted molar refractivity (Wildman–Crippen MR) is 73.4 cm³/mol. The summed E-state index contributed by atoms with van der Waals surface area (Å²) >= 11 is 0. The number of hydrogen-bond donors (Lipinski definition) is 1. The molecular weight excluding hydrogens is 267 g/mol. The van der Waals surface area contributed by atoms with E-state index in [-0.39, 0.29) is 18.1 Å². The lowest BCUT2D eigenvalue weighted by Crippen LogP contribution is -2.42. The topological polar surface area (TPSA) is 35.2 Å². The van der Waals surface area contributed by atoms with E-state index in [1.54, 1.807) is 6.07 Å². The molecule has 0 bridgehead atoms. The van der Waals surface area contributed by atoms with Gasteiger partial charge in [0.15, 0.2) is 0 Å². The zero-order valence-electron chi connectivity index (χ0n) is 12.1. The molecule has 2 N–H and O–H groups in total. The first-order valence-electron chi connectivity index (χ1n) is 6.79. The lowest BCUT2D eigenvalue weighted by molar-refractivity contribution is -0.137. The van der Waals surface area contributed by atoms with E-state index in [2.05, 4.69) is 0 Å². The van der Waals surface area contributed by atoms with Crippen LogP contribution in [0.4, 0.5) is 13.2 Å². The van der Waals surface area contributed by atoms with Gasteiger partial charge in [0.2, 0.25) is 0 Å². The number of rotatable bonds is 6. The molecule has 20 heavy (non-hydrogen) atoms. The van der Waals surface area contributed by atoms with Crippen molar-refractivity contribution in [3.8, 4) is 0 Å². The molecule has 2 atom stereocenters. The van der Waals surface area contributed by atoms with Gasteiger partial charge in [0.25, 0.3) is 0 Å². The van der Waals surface area contributed by atoms with Crippen molar-refractivity contribution in [2.24, 2.45) is 11.7 Å². The molecule has 114 valence electrons. The van der Waals surface area contributed by atoms with Gasteiger partial charge in [0.05, 0.1) is 11.7 Å². The fourth-order valence-corrected chi connectivity index (χ4v) is 2.27. The van der Waals surface area contributed by atoms with E-state index >= 15 is 0 Å². The number of hydrogen-bond acceptors (Lipinski definition) is 2. The molecule has 0 radical (unpaired) electrons. The molecule has 1 aromatic carbocycles. The van der Waals surface area contributed by atoms with Crippen LogP contribution in [-0.2, 0) is 17.3 Å². The van der Waals surface area contributed by atoms with Crippen LogP contribution in [0.15, 0.2) is 24.3 Å². The molecule has 0 saturated carbocycles. The molecule has 0 aliphatic rings. The van der Waals surface area contributed by atoms with Gasteiger partial charge in [-0.25, -0.2) is 0 Å². The zero-order valence-corrected chi connectivity index (χ0v) is 12.1. The van der Waals surface area contributed by atoms with Gasteiger partial charge in [0.1, 0.15) is 0 Å². The second kappa shape index (κ2) is 7.09. The van der Waals surface area contributed by atoms with Crippen molar-refractivity contribution >= 4 is 0 Å². The molecule has 0 saturated heterocycles. The summed E-state index contributed by atoms with van der Waals surface area (Å²) in [6.45, 7) is 6.41. The molecule has 0 aliphatic carbocycles. The summed E-state index contributed by atoms with van der Waals surface area (Å²) in [7, 11) is 0. The Labute approximate surface area is 118 Å². The van der Waals surface area contributed by atoms with Crippen LogP contribution < -0.4 is 5.73 Å². The highest BCUT2D eigenvalue weighted by atomic mass is 19.4. The Bertz CT molecular complexity index is 418. The standard InChI is InChI=1S/C15H22F3NO/c1-4-20-14(10(2)3)13(19)9-11-6-5-7-12(8-11)15(16,17)18/h5-8,10,13-14H,4,9,19H2,1-3H3. The van der Waals surface area contributed by atoms with Crippen LogP contribution in [0, 0.1) is 5.92 Å². The normalized spacial score (nSPS) is 15.4. The molecule has 1 aromatic rings. The molecular formula is C15H22F3NO. The van der Waals surface area contributed by atoms with Gasteiger partial charge in [0, 0.05) is 12.6 Å². The maximum absolute atomic E-state index is 12.7. The van der Waals surface area contributed by atoms with Crippen molar-refractivity contribution in [2.75, 3.05) is 6.61 Å². The van der Waals surface area contributed by atoms with Gasteiger partial charge in [-0.05, 0) is 30.9 Å². The van der Waals surface area contributed by atoms with Crippen molar-refractivity contribution in [3.05, 3.63) is 35.4 Å². The van der Waals surface area contributed by atoms with Crippen LogP contribution in [0.2, 0.25) is 0 Å². The Balaban J connectivity index is 2.82. The average Bonchev–Trinajstić information content (AvgIpc) is 2.34. The minimum atomic E-state index is -4.32. The van der Waals surface area contributed by atoms with Crippen molar-refractivity contribution in [1.82, 2.24) is 0 Å². The van der Waals surface area contributed by atoms with Gasteiger partial charge < -0.3 is 10.5 Å². The van der Waals surface area contributed by atoms with Gasteiger partial charge >= 0.3 is 6.18 Å². The number of alkyl halides is 3. The molecule has 2 nitrogen and oxygen atoms in total. The quantitative estimate of drug-likeness (QED) is 0.868. The summed E-state index contributed by atoms with van der Waals surface area (Å²) in [5.74, 6) is 0.218. The first kappa shape index (κ1) is 17.0. The van der Waals surface area contributed by atoms with E-state index < -0.39 is 11.7 Å². The maximum atomic E-state index is 12.7. The largest absolute Gasteiger partial charge is 0.416 e. The minimum Gasteiger partial charge on any atom is -0.377 e. The summed E-state index contributed by atoms with van der Waals surface area (Å²) in [5, 5.41) is 0. The molecule has 0 amide bonds. The van der Waals surface area contributed by atoms with Crippen LogP contribution in [0.5, 0.6) is 0 Å².